The van der Waals surface area contributed by atoms with Crippen LogP contribution in [0.2, 0.25) is 0 Å². The van der Waals surface area contributed by atoms with Gasteiger partial charge in [-0.05, 0) is 93.0 Å². The number of ketones is 1. The molecule has 2 saturated carbocycles. The number of anilines is 2. The number of nitrogens with zero attached hydrogens (tertiary/aromatic N) is 2. The fourth-order valence-corrected chi connectivity index (χ4v) is 4.71. The zero-order valence-corrected chi connectivity index (χ0v) is 26.6. The van der Waals surface area contributed by atoms with Crippen molar-refractivity contribution in [3.8, 4) is 11.1 Å². The van der Waals surface area contributed by atoms with E-state index in [0.29, 0.717) is 24.5 Å². The standard InChI is InChI=1S/C17H18N2O.C12H13F3N2O.C5H8.C2H6/c1-18-15-8-5-12(6-9-15)14-7-10-16(19-11-14)17(20)13-3-2-4-13;13-12(14,15)9-3-5-10(6-4-9)16-11(18)17-7-1-2-8-17;1-5-3-2-4-5;1-2/h5-11,13,18H,2-4H2,1H3;3-6H,1-2,7-8H2,(H,16,18);1-4H2;1-2H3. The highest BCUT2D eigenvalue weighted by Crippen LogP contribution is 2.31. The van der Waals surface area contributed by atoms with Crippen molar-refractivity contribution in [2.75, 3.05) is 30.8 Å². The van der Waals surface area contributed by atoms with E-state index >= 15 is 0 Å². The van der Waals surface area contributed by atoms with E-state index in [1.165, 1.54) is 43.4 Å². The van der Waals surface area contributed by atoms with Gasteiger partial charge in [0.1, 0.15) is 5.69 Å². The van der Waals surface area contributed by atoms with Crippen molar-refractivity contribution in [2.45, 2.75) is 71.4 Å². The number of carbonyl (C=O) groups excluding carboxylic acids is 2. The van der Waals surface area contributed by atoms with Crippen molar-refractivity contribution in [1.29, 1.82) is 0 Å². The van der Waals surface area contributed by atoms with Crippen molar-refractivity contribution in [3.63, 3.8) is 0 Å². The first-order valence-corrected chi connectivity index (χ1v) is 15.8. The van der Waals surface area contributed by atoms with Gasteiger partial charge in [0, 0.05) is 49.2 Å². The van der Waals surface area contributed by atoms with Crippen molar-refractivity contribution < 1.29 is 22.8 Å². The summed E-state index contributed by atoms with van der Waals surface area (Å²) in [4.78, 5) is 29.8. The summed E-state index contributed by atoms with van der Waals surface area (Å²) >= 11 is 0. The number of allylic oxidation sites excluding steroid dienone is 1. The summed E-state index contributed by atoms with van der Waals surface area (Å²) in [5.41, 5.74) is 4.92. The average molecular weight is 623 g/mol. The molecule has 0 bridgehead atoms. The van der Waals surface area contributed by atoms with Crippen molar-refractivity contribution in [3.05, 3.63) is 90.3 Å². The minimum absolute atomic E-state index is 0.202. The first-order valence-electron chi connectivity index (χ1n) is 15.8. The highest BCUT2D eigenvalue weighted by atomic mass is 19.4. The van der Waals surface area contributed by atoms with Crippen LogP contribution in [-0.2, 0) is 6.18 Å². The van der Waals surface area contributed by atoms with Gasteiger partial charge in [0.15, 0.2) is 5.78 Å². The van der Waals surface area contributed by atoms with Gasteiger partial charge in [-0.3, -0.25) is 9.78 Å². The summed E-state index contributed by atoms with van der Waals surface area (Å²) in [6.07, 6.45) is 6.57. The predicted molar refractivity (Wildman–Crippen MR) is 176 cm³/mol. The molecule has 2 amide bonds. The molecule has 1 saturated heterocycles. The number of rotatable bonds is 5. The fourth-order valence-electron chi connectivity index (χ4n) is 4.71. The maximum absolute atomic E-state index is 12.3. The molecule has 2 aliphatic carbocycles. The number of nitrogens with one attached hydrogen (secondary N) is 2. The SMILES string of the molecule is C=C1CCC1.CC.CNc1ccc(-c2ccc(C(=O)C3CCC3)nc2)cc1.O=C(Nc1ccc(C(F)(F)F)cc1)N1CCCC1. The molecule has 6 rings (SSSR count). The molecule has 3 fully saturated rings. The van der Waals surface area contributed by atoms with Crippen LogP contribution in [0.1, 0.15) is 81.3 Å². The maximum atomic E-state index is 12.3. The molecule has 0 radical (unpaired) electrons. The van der Waals surface area contributed by atoms with E-state index in [1.807, 2.05) is 45.2 Å². The third kappa shape index (κ3) is 10.8. The number of pyridine rings is 1. The third-order valence-corrected chi connectivity index (χ3v) is 7.92. The monoisotopic (exact) mass is 622 g/mol. The molecular weight excluding hydrogens is 577 g/mol. The number of urea groups is 1. The van der Waals surface area contributed by atoms with Crippen molar-refractivity contribution in [2.24, 2.45) is 5.92 Å². The summed E-state index contributed by atoms with van der Waals surface area (Å²) < 4.78 is 37.0. The Balaban J connectivity index is 0.000000204. The summed E-state index contributed by atoms with van der Waals surface area (Å²) in [6.45, 7) is 9.16. The van der Waals surface area contributed by atoms with Crippen LogP contribution in [0.5, 0.6) is 0 Å². The number of hydrogen-bond acceptors (Lipinski definition) is 4. The normalized spacial score (nSPS) is 15.4. The van der Waals surface area contributed by atoms with Gasteiger partial charge < -0.3 is 15.5 Å². The molecule has 242 valence electrons. The molecule has 2 N–H and O–H groups in total. The van der Waals surface area contributed by atoms with E-state index in [9.17, 15) is 22.8 Å². The van der Waals surface area contributed by atoms with Gasteiger partial charge in [-0.1, -0.05) is 50.6 Å². The minimum Gasteiger partial charge on any atom is -0.388 e. The molecule has 1 aliphatic heterocycles. The van der Waals surface area contributed by atoms with Crippen LogP contribution < -0.4 is 10.6 Å². The largest absolute Gasteiger partial charge is 0.416 e. The van der Waals surface area contributed by atoms with Gasteiger partial charge in [-0.15, -0.1) is 0 Å². The number of aromatic nitrogens is 1. The van der Waals surface area contributed by atoms with Gasteiger partial charge in [-0.25, -0.2) is 4.79 Å². The number of benzene rings is 2. The fraction of sp³-hybridized carbons (Fsp3) is 0.417. The van der Waals surface area contributed by atoms with Gasteiger partial charge in [-0.2, -0.15) is 13.2 Å². The second kappa shape index (κ2) is 17.4. The van der Waals surface area contributed by atoms with Crippen LogP contribution in [-0.4, -0.2) is 41.8 Å². The van der Waals surface area contributed by atoms with Crippen LogP contribution in [0.3, 0.4) is 0 Å². The molecule has 0 spiro atoms. The lowest BCUT2D eigenvalue weighted by molar-refractivity contribution is -0.137. The Kier molecular flexibility index (Phi) is 13.6. The quantitative estimate of drug-likeness (QED) is 0.219. The lowest BCUT2D eigenvalue weighted by Gasteiger charge is -2.23. The van der Waals surface area contributed by atoms with Crippen LogP contribution >= 0.6 is 0 Å². The lowest BCUT2D eigenvalue weighted by atomic mass is 9.81. The number of alkyl halides is 3. The Morgan fingerprint density at radius 3 is 1.80 bits per heavy atom. The van der Waals surface area contributed by atoms with E-state index in [2.05, 4.69) is 34.3 Å². The smallest absolute Gasteiger partial charge is 0.388 e. The molecule has 1 aromatic heterocycles. The number of hydrogen-bond donors (Lipinski definition) is 2. The second-order valence-electron chi connectivity index (χ2n) is 11.1. The summed E-state index contributed by atoms with van der Waals surface area (Å²) in [6, 6.07) is 16.2. The molecule has 3 aliphatic rings. The third-order valence-electron chi connectivity index (χ3n) is 7.92. The number of likely N-dealkylation sites (tertiary alicyclic amines) is 1. The molecular formula is C36H45F3N4O2. The van der Waals surface area contributed by atoms with Crippen molar-refractivity contribution in [1.82, 2.24) is 9.88 Å². The minimum atomic E-state index is -4.35. The van der Waals surface area contributed by atoms with Gasteiger partial charge in [0.2, 0.25) is 0 Å². The van der Waals surface area contributed by atoms with E-state index in [1.54, 1.807) is 11.1 Å². The summed E-state index contributed by atoms with van der Waals surface area (Å²) in [5.74, 6) is 0.414. The molecule has 45 heavy (non-hydrogen) atoms. The van der Waals surface area contributed by atoms with E-state index < -0.39 is 11.7 Å². The molecule has 2 aromatic carbocycles. The van der Waals surface area contributed by atoms with Crippen molar-refractivity contribution >= 4 is 23.2 Å². The maximum Gasteiger partial charge on any atom is 0.416 e. The van der Waals surface area contributed by atoms with Gasteiger partial charge in [0.05, 0.1) is 5.56 Å². The summed E-state index contributed by atoms with van der Waals surface area (Å²) in [5, 5.41) is 5.68. The van der Waals surface area contributed by atoms with Gasteiger partial charge >= 0.3 is 12.2 Å². The average Bonchev–Trinajstić information content (AvgIpc) is 3.56. The highest BCUT2D eigenvalue weighted by Gasteiger charge is 2.30. The Labute approximate surface area is 265 Å². The van der Waals surface area contributed by atoms with Crippen LogP contribution in [0.15, 0.2) is 79.0 Å². The number of halogens is 3. The Morgan fingerprint density at radius 2 is 1.38 bits per heavy atom. The summed E-state index contributed by atoms with van der Waals surface area (Å²) in [7, 11) is 1.90. The zero-order chi connectivity index (χ0) is 32.8. The molecule has 6 nitrogen and oxygen atoms in total. The molecule has 3 aromatic rings. The van der Waals surface area contributed by atoms with Crippen LogP contribution in [0.4, 0.5) is 29.3 Å². The van der Waals surface area contributed by atoms with Crippen LogP contribution in [0.25, 0.3) is 11.1 Å². The number of carbonyl (C=O) groups is 2. The highest BCUT2D eigenvalue weighted by molar-refractivity contribution is 5.96. The first kappa shape index (κ1) is 35.3. The zero-order valence-electron chi connectivity index (χ0n) is 26.6. The number of Topliss-reactive ketones (excluding diaryl/α,β-unsaturated/α-hetero) is 1. The first-order chi connectivity index (χ1) is 21.6. The molecule has 2 heterocycles. The van der Waals surface area contributed by atoms with E-state index in [-0.39, 0.29) is 17.7 Å². The van der Waals surface area contributed by atoms with Crippen LogP contribution in [0, 0.1) is 5.92 Å². The Hall–Kier alpha value is -4.14. The lowest BCUT2D eigenvalue weighted by Crippen LogP contribution is -2.32. The molecule has 9 heteroatoms. The van der Waals surface area contributed by atoms with Gasteiger partial charge in [0.25, 0.3) is 0 Å². The predicted octanol–water partition coefficient (Wildman–Crippen LogP) is 9.86. The Morgan fingerprint density at radius 1 is 0.822 bits per heavy atom. The Bertz CT molecular complexity index is 1360. The molecule has 0 atom stereocenters. The second-order valence-corrected chi connectivity index (χ2v) is 11.1. The molecule has 0 unspecified atom stereocenters. The number of amides is 2. The van der Waals surface area contributed by atoms with E-state index in [0.717, 1.165) is 54.6 Å². The van der Waals surface area contributed by atoms with E-state index in [4.69, 9.17) is 0 Å². The topological polar surface area (TPSA) is 74.3 Å².